The number of benzene rings is 2. The molecule has 0 saturated carbocycles. The largest absolute Gasteiger partial charge is 0.488 e. The Morgan fingerprint density at radius 1 is 1.23 bits per heavy atom. The van der Waals surface area contributed by atoms with Crippen LogP contribution in [-0.2, 0) is 0 Å². The van der Waals surface area contributed by atoms with Crippen molar-refractivity contribution in [3.63, 3.8) is 0 Å². The molecule has 1 atom stereocenters. The smallest absolute Gasteiger partial charge is 0.327 e. The zero-order valence-electron chi connectivity index (χ0n) is 14.7. The third-order valence-electron chi connectivity index (χ3n) is 4.75. The molecule has 4 N–H and O–H groups in total. The fourth-order valence-corrected chi connectivity index (χ4v) is 3.70. The van der Waals surface area contributed by atoms with Crippen molar-refractivity contribution in [2.75, 3.05) is 6.61 Å². The molecule has 6 heteroatoms. The summed E-state index contributed by atoms with van der Waals surface area (Å²) in [5.41, 5.74) is 10.6. The lowest BCUT2D eigenvalue weighted by molar-refractivity contribution is 0.256. The summed E-state index contributed by atoms with van der Waals surface area (Å²) in [4.78, 5) is 15.6. The summed E-state index contributed by atoms with van der Waals surface area (Å²) in [6.07, 6.45) is 0. The minimum atomic E-state index is -0.201. The van der Waals surface area contributed by atoms with Crippen molar-refractivity contribution in [3.05, 3.63) is 69.8 Å². The van der Waals surface area contributed by atoms with Crippen LogP contribution in [0.4, 0.5) is 0 Å². The number of nitrogens with zero attached hydrogens (tertiary/aromatic N) is 1. The molecule has 1 aliphatic heterocycles. The van der Waals surface area contributed by atoms with Crippen molar-refractivity contribution in [2.24, 2.45) is 5.73 Å². The molecule has 2 heterocycles. The maximum absolute atomic E-state index is 12.7. The second-order valence-electron chi connectivity index (χ2n) is 6.56. The third kappa shape index (κ3) is 2.34. The van der Waals surface area contributed by atoms with E-state index in [-0.39, 0.29) is 11.7 Å². The zero-order chi connectivity index (χ0) is 18.4. The molecule has 3 aromatic rings. The van der Waals surface area contributed by atoms with E-state index >= 15 is 0 Å². The van der Waals surface area contributed by atoms with Crippen molar-refractivity contribution < 1.29 is 4.74 Å². The van der Waals surface area contributed by atoms with Gasteiger partial charge in [-0.1, -0.05) is 30.3 Å². The number of imidazole rings is 1. The summed E-state index contributed by atoms with van der Waals surface area (Å²) in [7, 11) is 0. The van der Waals surface area contributed by atoms with Crippen LogP contribution < -0.4 is 16.2 Å². The highest BCUT2D eigenvalue weighted by molar-refractivity contribution is 6.23. The van der Waals surface area contributed by atoms with Gasteiger partial charge in [0.2, 0.25) is 0 Å². The first kappa shape index (κ1) is 16.2. The number of allylic oxidation sites excluding steroid dienone is 2. The van der Waals surface area contributed by atoms with Crippen LogP contribution in [0.1, 0.15) is 31.0 Å². The molecule has 0 fully saturated rings. The highest BCUT2D eigenvalue weighted by Gasteiger charge is 2.29. The van der Waals surface area contributed by atoms with Gasteiger partial charge in [0.05, 0.1) is 11.6 Å². The van der Waals surface area contributed by atoms with Crippen molar-refractivity contribution in [3.8, 4) is 5.75 Å². The van der Waals surface area contributed by atoms with Crippen LogP contribution in [-0.4, -0.2) is 21.9 Å². The Balaban J connectivity index is 2.02. The van der Waals surface area contributed by atoms with Crippen molar-refractivity contribution in [1.82, 2.24) is 9.55 Å². The highest BCUT2D eigenvalue weighted by atomic mass is 16.5. The SMILES string of the molecule is CC(=N)/C(=C(/C)N)c1ccc2[nH]c(=O)n3c2c1OCC3c1ccccc1. The lowest BCUT2D eigenvalue weighted by atomic mass is 9.97. The van der Waals surface area contributed by atoms with Crippen LogP contribution in [0, 0.1) is 5.41 Å². The molecule has 26 heavy (non-hydrogen) atoms. The number of hydrogen-bond donors (Lipinski definition) is 3. The Morgan fingerprint density at radius 2 is 1.96 bits per heavy atom. The summed E-state index contributed by atoms with van der Waals surface area (Å²) in [5.74, 6) is 0.597. The maximum atomic E-state index is 12.7. The summed E-state index contributed by atoms with van der Waals surface area (Å²) in [5, 5.41) is 8.08. The number of H-pyrrole nitrogens is 1. The molecule has 2 aromatic carbocycles. The third-order valence-corrected chi connectivity index (χ3v) is 4.75. The maximum Gasteiger partial charge on any atom is 0.327 e. The molecule has 1 aromatic heterocycles. The van der Waals surface area contributed by atoms with E-state index in [9.17, 15) is 4.79 Å². The van der Waals surface area contributed by atoms with Crippen molar-refractivity contribution >= 4 is 22.3 Å². The number of ether oxygens (including phenoxy) is 1. The van der Waals surface area contributed by atoms with E-state index in [2.05, 4.69) is 4.98 Å². The molecule has 132 valence electrons. The fourth-order valence-electron chi connectivity index (χ4n) is 3.70. The Bertz CT molecular complexity index is 1100. The predicted molar refractivity (Wildman–Crippen MR) is 103 cm³/mol. The quantitative estimate of drug-likeness (QED) is 0.635. The van der Waals surface area contributed by atoms with Gasteiger partial charge in [-0.05, 0) is 31.5 Å². The first-order valence-electron chi connectivity index (χ1n) is 8.46. The first-order chi connectivity index (χ1) is 12.5. The van der Waals surface area contributed by atoms with Crippen LogP contribution in [0.5, 0.6) is 5.75 Å². The van der Waals surface area contributed by atoms with Gasteiger partial charge in [0.15, 0.2) is 5.75 Å². The zero-order valence-corrected chi connectivity index (χ0v) is 14.7. The second kappa shape index (κ2) is 5.91. The minimum Gasteiger partial charge on any atom is -0.488 e. The minimum absolute atomic E-state index is 0.169. The molecule has 0 aliphatic carbocycles. The lowest BCUT2D eigenvalue weighted by Gasteiger charge is -2.27. The molecule has 1 aliphatic rings. The number of rotatable bonds is 3. The van der Waals surface area contributed by atoms with Gasteiger partial charge in [-0.25, -0.2) is 4.79 Å². The molecule has 0 radical (unpaired) electrons. The van der Waals surface area contributed by atoms with E-state index in [1.54, 1.807) is 18.4 Å². The van der Waals surface area contributed by atoms with E-state index in [1.807, 2.05) is 42.5 Å². The van der Waals surface area contributed by atoms with E-state index < -0.39 is 0 Å². The van der Waals surface area contributed by atoms with Crippen LogP contribution in [0.15, 0.2) is 53.0 Å². The number of nitrogens with one attached hydrogen (secondary N) is 2. The average molecular weight is 348 g/mol. The molecule has 0 amide bonds. The molecule has 1 unspecified atom stereocenters. The summed E-state index contributed by atoms with van der Waals surface area (Å²) >= 11 is 0. The van der Waals surface area contributed by atoms with Gasteiger partial charge in [0.1, 0.15) is 12.1 Å². The van der Waals surface area contributed by atoms with E-state index in [0.29, 0.717) is 40.4 Å². The normalized spacial score (nSPS) is 16.9. The molecule has 0 spiro atoms. The lowest BCUT2D eigenvalue weighted by Crippen LogP contribution is -2.30. The van der Waals surface area contributed by atoms with Gasteiger partial charge in [-0.3, -0.25) is 4.57 Å². The van der Waals surface area contributed by atoms with Crippen LogP contribution in [0.3, 0.4) is 0 Å². The Hall–Kier alpha value is -3.28. The van der Waals surface area contributed by atoms with Crippen LogP contribution >= 0.6 is 0 Å². The monoisotopic (exact) mass is 348 g/mol. The van der Waals surface area contributed by atoms with Crippen molar-refractivity contribution in [2.45, 2.75) is 19.9 Å². The van der Waals surface area contributed by atoms with Crippen LogP contribution in [0.2, 0.25) is 0 Å². The van der Waals surface area contributed by atoms with Crippen molar-refractivity contribution in [1.29, 1.82) is 5.41 Å². The number of aromatic nitrogens is 2. The predicted octanol–water partition coefficient (Wildman–Crippen LogP) is 3.04. The highest BCUT2D eigenvalue weighted by Crippen LogP contribution is 2.39. The number of hydrogen-bond acceptors (Lipinski definition) is 4. The van der Waals surface area contributed by atoms with Gasteiger partial charge in [-0.15, -0.1) is 0 Å². The fraction of sp³-hybridized carbons (Fsp3) is 0.200. The summed E-state index contributed by atoms with van der Waals surface area (Å²) in [6, 6.07) is 13.3. The molecular formula is C20H20N4O2. The van der Waals surface area contributed by atoms with Gasteiger partial charge in [0.25, 0.3) is 0 Å². The second-order valence-corrected chi connectivity index (χ2v) is 6.56. The Morgan fingerprint density at radius 3 is 2.62 bits per heavy atom. The topological polar surface area (TPSA) is 96.9 Å². The van der Waals surface area contributed by atoms with Crippen LogP contribution in [0.25, 0.3) is 16.6 Å². The number of nitrogens with two attached hydrogens (primary N) is 1. The van der Waals surface area contributed by atoms with E-state index in [4.69, 9.17) is 15.9 Å². The van der Waals surface area contributed by atoms with Gasteiger partial charge >= 0.3 is 5.69 Å². The Labute approximate surface area is 150 Å². The van der Waals surface area contributed by atoms with Gasteiger partial charge in [0, 0.05) is 22.5 Å². The standard InChI is InChI=1S/C20H20N4O2/c1-11(21)17(12(2)22)14-8-9-15-18-19(14)26-10-16(24(18)20(25)23-15)13-6-4-3-5-7-13/h3-9,16,21H,10,22H2,1-2H3,(H,23,25)/b17-12+,21-11?. The molecular weight excluding hydrogens is 328 g/mol. The Kier molecular flexibility index (Phi) is 3.68. The number of aromatic amines is 1. The molecule has 4 rings (SSSR count). The first-order valence-corrected chi connectivity index (χ1v) is 8.46. The summed E-state index contributed by atoms with van der Waals surface area (Å²) in [6.45, 7) is 3.81. The van der Waals surface area contributed by atoms with E-state index in [0.717, 1.165) is 11.1 Å². The molecule has 6 nitrogen and oxygen atoms in total. The summed E-state index contributed by atoms with van der Waals surface area (Å²) < 4.78 is 7.87. The average Bonchev–Trinajstić information content (AvgIpc) is 2.95. The van der Waals surface area contributed by atoms with Gasteiger partial charge in [-0.2, -0.15) is 0 Å². The van der Waals surface area contributed by atoms with Gasteiger partial charge < -0.3 is 20.9 Å². The molecule has 0 saturated heterocycles. The van der Waals surface area contributed by atoms with E-state index in [1.165, 1.54) is 0 Å². The molecule has 0 bridgehead atoms.